The third-order valence-corrected chi connectivity index (χ3v) is 10.4. The third-order valence-electron chi connectivity index (χ3n) is 10.4. The van der Waals surface area contributed by atoms with Crippen molar-refractivity contribution < 1.29 is 19.1 Å². The summed E-state index contributed by atoms with van der Waals surface area (Å²) in [6, 6.07) is 40.9. The van der Waals surface area contributed by atoms with Crippen LogP contribution < -0.4 is 0 Å². The van der Waals surface area contributed by atoms with Crippen LogP contribution in [0.5, 0.6) is 0 Å². The number of carbonyl (C=O) groups excluding carboxylic acids is 2. The van der Waals surface area contributed by atoms with Crippen LogP contribution in [0, 0.1) is 0 Å². The molecule has 0 bridgehead atoms. The van der Waals surface area contributed by atoms with Crippen LogP contribution in [0.15, 0.2) is 140 Å². The second-order valence-corrected chi connectivity index (χ2v) is 15.0. The molecule has 0 spiro atoms. The van der Waals surface area contributed by atoms with Gasteiger partial charge in [-0.25, -0.2) is 19.0 Å². The summed E-state index contributed by atoms with van der Waals surface area (Å²) in [5.41, 5.74) is 5.79. The van der Waals surface area contributed by atoms with Crippen LogP contribution in [0.3, 0.4) is 0 Å². The van der Waals surface area contributed by atoms with Crippen LogP contribution in [0.4, 0.5) is 4.79 Å². The first kappa shape index (κ1) is 36.4. The molecule has 4 aromatic carbocycles. The number of fused-ring (bicyclic) bond motifs is 1. The van der Waals surface area contributed by atoms with Crippen molar-refractivity contribution in [3.05, 3.63) is 162 Å². The molecule has 1 amide bonds. The zero-order valence-electron chi connectivity index (χ0n) is 31.8. The molecule has 11 nitrogen and oxygen atoms in total. The number of carbonyl (C=O) groups is 2. The number of pyridine rings is 1. The number of hydrogen-bond acceptors (Lipinski definition) is 8. The fraction of sp³-hybridized carbons (Fsp3) is 0.244. The predicted octanol–water partition coefficient (Wildman–Crippen LogP) is 8.18. The van der Waals surface area contributed by atoms with Gasteiger partial charge in [-0.15, -0.1) is 5.10 Å². The van der Waals surface area contributed by atoms with Crippen LogP contribution in [-0.2, 0) is 19.8 Å². The van der Waals surface area contributed by atoms with Gasteiger partial charge in [-0.1, -0.05) is 96.2 Å². The van der Waals surface area contributed by atoms with Gasteiger partial charge in [0.2, 0.25) is 0 Å². The number of piperidine rings is 1. The fourth-order valence-corrected chi connectivity index (χ4v) is 7.84. The summed E-state index contributed by atoms with van der Waals surface area (Å²) in [6.07, 6.45) is 5.93. The molecule has 1 aliphatic rings. The van der Waals surface area contributed by atoms with E-state index in [1.54, 1.807) is 37.8 Å². The lowest BCUT2D eigenvalue weighted by molar-refractivity contribution is -0.148. The monoisotopic (exact) mass is 745 g/mol. The molecule has 0 aliphatic carbocycles. The topological polar surface area (TPSA) is 117 Å². The van der Waals surface area contributed by atoms with Crippen molar-refractivity contribution >= 4 is 23.0 Å². The van der Waals surface area contributed by atoms with Crippen molar-refractivity contribution in [1.29, 1.82) is 0 Å². The predicted molar refractivity (Wildman–Crippen MR) is 213 cm³/mol. The van der Waals surface area contributed by atoms with E-state index >= 15 is 0 Å². The Morgan fingerprint density at radius 1 is 0.768 bits per heavy atom. The maximum atomic E-state index is 13.3. The number of rotatable bonds is 8. The largest absolute Gasteiger partial charge is 0.467 e. The van der Waals surface area contributed by atoms with Crippen LogP contribution in [0.2, 0.25) is 0 Å². The molecule has 2 atom stereocenters. The number of aromatic nitrogens is 6. The van der Waals surface area contributed by atoms with Gasteiger partial charge in [0.25, 0.3) is 0 Å². The van der Waals surface area contributed by atoms with E-state index in [1.165, 1.54) is 12.0 Å². The van der Waals surface area contributed by atoms with E-state index in [1.807, 2.05) is 42.6 Å². The molecule has 7 aromatic rings. The normalized spacial score (nSPS) is 16.1. The molecule has 0 N–H and O–H groups in total. The lowest BCUT2D eigenvalue weighted by Gasteiger charge is -2.38. The van der Waals surface area contributed by atoms with Crippen molar-refractivity contribution in [2.75, 3.05) is 13.7 Å². The highest BCUT2D eigenvalue weighted by molar-refractivity contribution is 5.95. The van der Waals surface area contributed by atoms with E-state index < -0.39 is 29.2 Å². The molecule has 0 unspecified atom stereocenters. The van der Waals surface area contributed by atoms with Crippen LogP contribution in [-0.4, -0.2) is 72.0 Å². The van der Waals surface area contributed by atoms with Crippen molar-refractivity contribution in [3.8, 4) is 16.9 Å². The number of amides is 1. The van der Waals surface area contributed by atoms with Crippen LogP contribution >= 0.6 is 0 Å². The Morgan fingerprint density at radius 2 is 1.38 bits per heavy atom. The summed E-state index contributed by atoms with van der Waals surface area (Å²) >= 11 is 0. The second-order valence-electron chi connectivity index (χ2n) is 15.0. The Labute approximate surface area is 325 Å². The molecule has 282 valence electrons. The van der Waals surface area contributed by atoms with Gasteiger partial charge in [0.05, 0.1) is 30.2 Å². The summed E-state index contributed by atoms with van der Waals surface area (Å²) < 4.78 is 14.6. The highest BCUT2D eigenvalue weighted by Gasteiger charge is 2.42. The van der Waals surface area contributed by atoms with Gasteiger partial charge >= 0.3 is 12.1 Å². The van der Waals surface area contributed by atoms with Gasteiger partial charge in [-0.2, -0.15) is 5.10 Å². The third kappa shape index (κ3) is 6.70. The smallest absolute Gasteiger partial charge is 0.411 e. The van der Waals surface area contributed by atoms with Crippen molar-refractivity contribution in [3.63, 3.8) is 0 Å². The summed E-state index contributed by atoms with van der Waals surface area (Å²) in [6.45, 7) is 5.65. The summed E-state index contributed by atoms with van der Waals surface area (Å²) in [4.78, 5) is 31.8. The maximum Gasteiger partial charge on any atom is 0.411 e. The van der Waals surface area contributed by atoms with E-state index in [-0.39, 0.29) is 12.5 Å². The van der Waals surface area contributed by atoms with Gasteiger partial charge in [0.15, 0.2) is 0 Å². The van der Waals surface area contributed by atoms with Gasteiger partial charge in [0.1, 0.15) is 22.9 Å². The average Bonchev–Trinajstić information content (AvgIpc) is 3.88. The lowest BCUT2D eigenvalue weighted by atomic mass is 9.77. The summed E-state index contributed by atoms with van der Waals surface area (Å²) in [5.74, 6) is -0.633. The average molecular weight is 746 g/mol. The minimum Gasteiger partial charge on any atom is -0.467 e. The standard InChI is InChI=1S/C45H43N7O4/c1-44(2,3)56-43(54)50-29-32(20-22-40(50)42(53)55-4)38-30-51(49-47-38)36-21-23-39-37(28-36)41(31-24-26-46-27-25-31)48-52(39)45(33-14-8-5-9-15-33,34-16-10-6-11-17-34)35-18-12-7-13-19-35/h5-19,21,23-28,30,32,40H,20,22,29H2,1-4H3/t32-,40+/m1/s1. The molecule has 11 heteroatoms. The SMILES string of the molecule is COC(=O)[C@@H]1CC[C@@H](c2cn(-c3ccc4c(c3)c(-c3ccncc3)nn4C(c3ccccc3)(c3ccccc3)c3ccccc3)nn2)CN1C(=O)OC(C)(C)C. The summed E-state index contributed by atoms with van der Waals surface area (Å²) in [7, 11) is 1.33. The maximum absolute atomic E-state index is 13.3. The zero-order valence-corrected chi connectivity index (χ0v) is 31.8. The Hall–Kier alpha value is -6.62. The van der Waals surface area contributed by atoms with Gasteiger partial charge in [-0.3, -0.25) is 9.88 Å². The van der Waals surface area contributed by atoms with Crippen molar-refractivity contribution in [2.24, 2.45) is 0 Å². The molecule has 4 heterocycles. The molecule has 3 aromatic heterocycles. The number of nitrogens with zero attached hydrogens (tertiary/aromatic N) is 7. The zero-order chi connectivity index (χ0) is 38.9. The number of esters is 1. The van der Waals surface area contributed by atoms with Gasteiger partial charge in [0, 0.05) is 35.8 Å². The Morgan fingerprint density at radius 3 is 1.95 bits per heavy atom. The minimum absolute atomic E-state index is 0.167. The van der Waals surface area contributed by atoms with E-state index in [0.29, 0.717) is 18.5 Å². The molecule has 0 saturated carbocycles. The van der Waals surface area contributed by atoms with Gasteiger partial charge in [-0.05, 0) is 80.6 Å². The Bertz CT molecular complexity index is 2360. The van der Waals surface area contributed by atoms with E-state index in [0.717, 1.165) is 44.5 Å². The molecular weight excluding hydrogens is 703 g/mol. The lowest BCUT2D eigenvalue weighted by Crippen LogP contribution is -2.52. The highest BCUT2D eigenvalue weighted by Crippen LogP contribution is 2.44. The Balaban J connectivity index is 1.25. The fourth-order valence-electron chi connectivity index (χ4n) is 7.84. The molecule has 1 aliphatic heterocycles. The Kier molecular flexibility index (Phi) is 9.67. The van der Waals surface area contributed by atoms with Crippen molar-refractivity contribution in [1.82, 2.24) is 34.7 Å². The van der Waals surface area contributed by atoms with Crippen molar-refractivity contribution in [2.45, 2.75) is 56.7 Å². The first-order valence-corrected chi connectivity index (χ1v) is 18.8. The first-order valence-electron chi connectivity index (χ1n) is 18.8. The van der Waals surface area contributed by atoms with Crippen LogP contribution in [0.25, 0.3) is 27.8 Å². The van der Waals surface area contributed by atoms with Crippen LogP contribution in [0.1, 0.15) is 61.9 Å². The van der Waals surface area contributed by atoms with E-state index in [2.05, 4.69) is 105 Å². The first-order chi connectivity index (χ1) is 27.2. The quantitative estimate of drug-likeness (QED) is 0.113. The number of benzene rings is 4. The molecule has 56 heavy (non-hydrogen) atoms. The van der Waals surface area contributed by atoms with Gasteiger partial charge < -0.3 is 9.47 Å². The molecule has 1 saturated heterocycles. The summed E-state index contributed by atoms with van der Waals surface area (Å²) in [5, 5.41) is 15.6. The molecular formula is C45H43N7O4. The van der Waals surface area contributed by atoms with E-state index in [9.17, 15) is 9.59 Å². The number of hydrogen-bond donors (Lipinski definition) is 0. The second kappa shape index (κ2) is 14.9. The molecule has 0 radical (unpaired) electrons. The highest BCUT2D eigenvalue weighted by atomic mass is 16.6. The number of methoxy groups -OCH3 is 1. The molecule has 1 fully saturated rings. The minimum atomic E-state index is -0.835. The molecule has 8 rings (SSSR count). The number of likely N-dealkylation sites (tertiary alicyclic amines) is 1. The van der Waals surface area contributed by atoms with E-state index in [4.69, 9.17) is 14.6 Å². The number of ether oxygens (including phenoxy) is 2.